The van der Waals surface area contributed by atoms with Crippen molar-refractivity contribution in [1.82, 2.24) is 15.2 Å². The maximum Gasteiger partial charge on any atom is 0.208 e. The van der Waals surface area contributed by atoms with E-state index in [0.29, 0.717) is 11.6 Å². The Morgan fingerprint density at radius 3 is 2.77 bits per heavy atom. The fourth-order valence-electron chi connectivity index (χ4n) is 1.98. The molecular weight excluding hydrogens is 302 g/mol. The summed E-state index contributed by atoms with van der Waals surface area (Å²) in [6.45, 7) is 0.257. The number of thioether (sulfide) groups is 1. The van der Waals surface area contributed by atoms with Crippen molar-refractivity contribution in [3.05, 3.63) is 18.2 Å². The number of aromatic nitrogens is 3. The Morgan fingerprint density at radius 2 is 2.05 bits per heavy atom. The maximum atomic E-state index is 8.74. The van der Waals surface area contributed by atoms with Crippen LogP contribution in [0.4, 0.5) is 0 Å². The second-order valence-electron chi connectivity index (χ2n) is 4.67. The van der Waals surface area contributed by atoms with E-state index in [1.807, 2.05) is 18.2 Å². The number of unbranched alkanes of at least 4 members (excludes halogenated alkanes) is 2. The molecule has 1 heterocycles. The largest absolute Gasteiger partial charge is 0.497 e. The monoisotopic (exact) mass is 323 g/mol. The van der Waals surface area contributed by atoms with Crippen molar-refractivity contribution >= 4 is 11.8 Å². The fourth-order valence-corrected chi connectivity index (χ4v) is 2.78. The molecule has 0 aliphatic rings. The van der Waals surface area contributed by atoms with Gasteiger partial charge in [0, 0.05) is 18.4 Å². The minimum Gasteiger partial charge on any atom is -0.497 e. The Kier molecular flexibility index (Phi) is 6.54. The van der Waals surface area contributed by atoms with Gasteiger partial charge < -0.3 is 14.6 Å². The molecule has 7 heteroatoms. The number of aliphatic hydroxyl groups is 1. The third kappa shape index (κ3) is 4.38. The van der Waals surface area contributed by atoms with Crippen LogP contribution in [0.5, 0.6) is 11.5 Å². The zero-order valence-corrected chi connectivity index (χ0v) is 13.7. The SMILES string of the molecule is COc1ccc(-c2nc(SCCCCCO)n[nH]2)c(OC)c1. The molecule has 0 saturated heterocycles. The molecule has 0 bridgehead atoms. The van der Waals surface area contributed by atoms with E-state index in [0.717, 1.165) is 41.5 Å². The summed E-state index contributed by atoms with van der Waals surface area (Å²) < 4.78 is 10.6. The highest BCUT2D eigenvalue weighted by molar-refractivity contribution is 7.99. The minimum absolute atomic E-state index is 0.257. The van der Waals surface area contributed by atoms with E-state index in [1.165, 1.54) is 0 Å². The molecule has 0 aliphatic heterocycles. The Morgan fingerprint density at radius 1 is 1.18 bits per heavy atom. The van der Waals surface area contributed by atoms with Gasteiger partial charge in [-0.25, -0.2) is 4.98 Å². The van der Waals surface area contributed by atoms with Crippen molar-refractivity contribution < 1.29 is 14.6 Å². The van der Waals surface area contributed by atoms with Crippen molar-refractivity contribution in [2.45, 2.75) is 24.4 Å². The first-order chi connectivity index (χ1) is 10.8. The topological polar surface area (TPSA) is 80.3 Å². The second-order valence-corrected chi connectivity index (χ2v) is 5.73. The van der Waals surface area contributed by atoms with Crippen molar-refractivity contribution in [3.63, 3.8) is 0 Å². The molecule has 0 atom stereocenters. The lowest BCUT2D eigenvalue weighted by molar-refractivity contribution is 0.284. The predicted octanol–water partition coefficient (Wildman–Crippen LogP) is 2.74. The molecule has 2 aromatic rings. The summed E-state index contributed by atoms with van der Waals surface area (Å²) >= 11 is 1.61. The highest BCUT2D eigenvalue weighted by Crippen LogP contribution is 2.32. The second kappa shape index (κ2) is 8.65. The van der Waals surface area contributed by atoms with Gasteiger partial charge >= 0.3 is 0 Å². The third-order valence-corrected chi connectivity index (χ3v) is 4.10. The number of benzene rings is 1. The van der Waals surface area contributed by atoms with Gasteiger partial charge in [0.2, 0.25) is 5.16 Å². The van der Waals surface area contributed by atoms with Crippen LogP contribution in [-0.2, 0) is 0 Å². The summed E-state index contributed by atoms with van der Waals surface area (Å²) in [5.74, 6) is 3.04. The van der Waals surface area contributed by atoms with E-state index in [2.05, 4.69) is 15.2 Å². The predicted molar refractivity (Wildman–Crippen MR) is 86.6 cm³/mol. The fraction of sp³-hybridized carbons (Fsp3) is 0.467. The van der Waals surface area contributed by atoms with Gasteiger partial charge in [-0.15, -0.1) is 5.10 Å². The Bertz CT molecular complexity index is 589. The highest BCUT2D eigenvalue weighted by atomic mass is 32.2. The standard InChI is InChI=1S/C15H21N3O3S/c1-20-11-6-7-12(13(10-11)21-2)14-16-15(18-17-14)22-9-5-3-4-8-19/h6-7,10,19H,3-5,8-9H2,1-2H3,(H,16,17,18). The van der Waals surface area contributed by atoms with Crippen LogP contribution in [0, 0.1) is 0 Å². The number of nitrogens with zero attached hydrogens (tertiary/aromatic N) is 2. The first-order valence-electron chi connectivity index (χ1n) is 7.17. The normalized spacial score (nSPS) is 10.7. The Hall–Kier alpha value is -1.73. The molecule has 2 rings (SSSR count). The van der Waals surface area contributed by atoms with Gasteiger partial charge in [-0.1, -0.05) is 18.2 Å². The van der Waals surface area contributed by atoms with E-state index >= 15 is 0 Å². The van der Waals surface area contributed by atoms with Gasteiger partial charge in [-0.3, -0.25) is 5.10 Å². The van der Waals surface area contributed by atoms with Gasteiger partial charge in [-0.05, 0) is 25.0 Å². The lowest BCUT2D eigenvalue weighted by Gasteiger charge is -2.07. The molecule has 1 aromatic carbocycles. The van der Waals surface area contributed by atoms with Crippen LogP contribution >= 0.6 is 11.8 Å². The molecule has 2 N–H and O–H groups in total. The first-order valence-corrected chi connectivity index (χ1v) is 8.15. The van der Waals surface area contributed by atoms with Crippen LogP contribution < -0.4 is 9.47 Å². The number of nitrogens with one attached hydrogen (secondary N) is 1. The molecular formula is C15H21N3O3S. The van der Waals surface area contributed by atoms with Crippen molar-refractivity contribution in [2.75, 3.05) is 26.6 Å². The van der Waals surface area contributed by atoms with Gasteiger partial charge in [0.1, 0.15) is 11.5 Å². The number of hydrogen-bond acceptors (Lipinski definition) is 6. The number of aromatic amines is 1. The number of hydrogen-bond donors (Lipinski definition) is 2. The van der Waals surface area contributed by atoms with Crippen LogP contribution in [0.3, 0.4) is 0 Å². The summed E-state index contributed by atoms with van der Waals surface area (Å²) in [5.41, 5.74) is 0.850. The van der Waals surface area contributed by atoms with Crippen LogP contribution in [0.15, 0.2) is 23.4 Å². The van der Waals surface area contributed by atoms with Gasteiger partial charge in [0.25, 0.3) is 0 Å². The zero-order chi connectivity index (χ0) is 15.8. The molecule has 0 spiro atoms. The lowest BCUT2D eigenvalue weighted by atomic mass is 10.2. The summed E-state index contributed by atoms with van der Waals surface area (Å²) in [4.78, 5) is 4.49. The molecule has 0 fully saturated rings. The van der Waals surface area contributed by atoms with Gasteiger partial charge in [0.15, 0.2) is 5.82 Å². The van der Waals surface area contributed by atoms with Gasteiger partial charge in [-0.2, -0.15) is 0 Å². The number of aliphatic hydroxyl groups excluding tert-OH is 1. The quantitative estimate of drug-likeness (QED) is 0.545. The molecule has 1 aromatic heterocycles. The first kappa shape index (κ1) is 16.6. The number of H-pyrrole nitrogens is 1. The van der Waals surface area contributed by atoms with E-state index in [4.69, 9.17) is 14.6 Å². The van der Waals surface area contributed by atoms with E-state index in [1.54, 1.807) is 26.0 Å². The Balaban J connectivity index is 2.01. The molecule has 0 radical (unpaired) electrons. The lowest BCUT2D eigenvalue weighted by Crippen LogP contribution is -1.91. The van der Waals surface area contributed by atoms with Crippen molar-refractivity contribution in [2.24, 2.45) is 0 Å². The molecule has 0 unspecified atom stereocenters. The summed E-state index contributed by atoms with van der Waals surface area (Å²) in [6.07, 6.45) is 2.91. The highest BCUT2D eigenvalue weighted by Gasteiger charge is 2.12. The van der Waals surface area contributed by atoms with E-state index < -0.39 is 0 Å². The maximum absolute atomic E-state index is 8.74. The molecule has 0 saturated carbocycles. The molecule has 22 heavy (non-hydrogen) atoms. The minimum atomic E-state index is 0.257. The van der Waals surface area contributed by atoms with E-state index in [-0.39, 0.29) is 6.61 Å². The molecule has 0 amide bonds. The van der Waals surface area contributed by atoms with Crippen molar-refractivity contribution in [3.8, 4) is 22.9 Å². The summed E-state index contributed by atoms with van der Waals surface area (Å²) in [7, 11) is 3.24. The average molecular weight is 323 g/mol. The van der Waals surface area contributed by atoms with E-state index in [9.17, 15) is 0 Å². The summed E-state index contributed by atoms with van der Waals surface area (Å²) in [5, 5.41) is 16.6. The molecule has 6 nitrogen and oxygen atoms in total. The molecule has 0 aliphatic carbocycles. The van der Waals surface area contributed by atoms with Crippen LogP contribution in [0.1, 0.15) is 19.3 Å². The summed E-state index contributed by atoms with van der Waals surface area (Å²) in [6, 6.07) is 5.58. The number of ether oxygens (including phenoxy) is 2. The van der Waals surface area contributed by atoms with Crippen molar-refractivity contribution in [1.29, 1.82) is 0 Å². The average Bonchev–Trinajstić information content (AvgIpc) is 3.02. The number of rotatable bonds is 9. The number of methoxy groups -OCH3 is 2. The van der Waals surface area contributed by atoms with Crippen LogP contribution in [0.25, 0.3) is 11.4 Å². The van der Waals surface area contributed by atoms with Crippen LogP contribution in [0.2, 0.25) is 0 Å². The Labute approximate surface area is 134 Å². The smallest absolute Gasteiger partial charge is 0.208 e. The zero-order valence-electron chi connectivity index (χ0n) is 12.8. The molecule has 120 valence electrons. The van der Waals surface area contributed by atoms with Crippen LogP contribution in [-0.4, -0.2) is 46.9 Å². The third-order valence-electron chi connectivity index (χ3n) is 3.16. The van der Waals surface area contributed by atoms with Gasteiger partial charge in [0.05, 0.1) is 19.8 Å².